The molecule has 1 aliphatic rings. The molecule has 1 aromatic heterocycles. The second kappa shape index (κ2) is 13.4. The van der Waals surface area contributed by atoms with Gasteiger partial charge in [-0.1, -0.05) is 42.1 Å². The van der Waals surface area contributed by atoms with Crippen molar-refractivity contribution in [2.45, 2.75) is 68.7 Å². The van der Waals surface area contributed by atoms with E-state index in [0.29, 0.717) is 29.6 Å². The van der Waals surface area contributed by atoms with Gasteiger partial charge < -0.3 is 14.2 Å². The summed E-state index contributed by atoms with van der Waals surface area (Å²) in [6.07, 6.45) is 4.20. The van der Waals surface area contributed by atoms with E-state index in [1.165, 1.54) is 35.3 Å². The maximum atomic E-state index is 13.8. The topological polar surface area (TPSA) is 84.7 Å². The number of thioether (sulfide) groups is 1. The Morgan fingerprint density at radius 3 is 2.30 bits per heavy atom. The second-order valence-corrected chi connectivity index (χ2v) is 14.6. The van der Waals surface area contributed by atoms with Crippen LogP contribution in [0.5, 0.6) is 0 Å². The quantitative estimate of drug-likeness (QED) is 0.104. The Balaban J connectivity index is 1.33. The number of fused-ring (bicyclic) bond motifs is 1. The van der Waals surface area contributed by atoms with E-state index in [1.807, 2.05) is 79.9 Å². The van der Waals surface area contributed by atoms with E-state index >= 15 is 0 Å². The minimum atomic E-state index is -3.77. The average Bonchev–Trinajstić information content (AvgIpc) is 3.34. The average molecular weight is 621 g/mol. The van der Waals surface area contributed by atoms with E-state index in [1.54, 1.807) is 24.3 Å². The molecule has 0 atom stereocenters. The maximum Gasteiger partial charge on any atom is 0.326 e. The summed E-state index contributed by atoms with van der Waals surface area (Å²) in [6.45, 7) is 7.97. The van der Waals surface area contributed by atoms with Crippen LogP contribution >= 0.6 is 11.8 Å². The predicted molar refractivity (Wildman–Crippen MR) is 174 cm³/mol. The number of hydrogen-bond acceptors (Lipinski definition) is 7. The van der Waals surface area contributed by atoms with Gasteiger partial charge in [-0.2, -0.15) is 0 Å². The highest BCUT2D eigenvalue weighted by Crippen LogP contribution is 2.29. The van der Waals surface area contributed by atoms with Gasteiger partial charge in [-0.25, -0.2) is 13.4 Å². The minimum Gasteiger partial charge on any atom is -0.459 e. The van der Waals surface area contributed by atoms with Crippen LogP contribution in [-0.2, 0) is 26.1 Å². The molecule has 0 radical (unpaired) electrons. The van der Waals surface area contributed by atoms with Crippen LogP contribution in [0.15, 0.2) is 88.9 Å². The number of esters is 1. The fraction of sp³-hybridized carbons (Fsp3) is 0.394. The Kier molecular flexibility index (Phi) is 9.66. The smallest absolute Gasteiger partial charge is 0.326 e. The number of hydrogen-bond donors (Lipinski definition) is 0. The van der Waals surface area contributed by atoms with E-state index in [4.69, 9.17) is 9.72 Å². The van der Waals surface area contributed by atoms with Crippen molar-refractivity contribution in [1.82, 2.24) is 9.55 Å². The number of benzene rings is 3. The van der Waals surface area contributed by atoms with Crippen LogP contribution in [0.3, 0.4) is 0 Å². The van der Waals surface area contributed by atoms with Gasteiger partial charge in [-0.15, -0.1) is 0 Å². The number of nitrogens with zero attached hydrogens (tertiary/aromatic N) is 4. The van der Waals surface area contributed by atoms with E-state index in [-0.39, 0.29) is 17.4 Å². The first kappa shape index (κ1) is 30.9. The van der Waals surface area contributed by atoms with Crippen molar-refractivity contribution < 1.29 is 17.9 Å². The Hall–Kier alpha value is -3.50. The first-order chi connectivity index (χ1) is 20.6. The lowest BCUT2D eigenvalue weighted by molar-refractivity contribution is -0.155. The van der Waals surface area contributed by atoms with Gasteiger partial charge in [0.05, 0.1) is 21.6 Å². The number of anilines is 2. The van der Waals surface area contributed by atoms with Crippen LogP contribution in [0, 0.1) is 0 Å². The molecule has 2 heterocycles. The molecule has 5 rings (SSSR count). The third-order valence-electron chi connectivity index (χ3n) is 7.25. The maximum absolute atomic E-state index is 13.8. The fourth-order valence-corrected chi connectivity index (χ4v) is 7.74. The van der Waals surface area contributed by atoms with Crippen LogP contribution in [0.1, 0.15) is 46.5 Å². The Morgan fingerprint density at radius 2 is 1.60 bits per heavy atom. The fourth-order valence-electron chi connectivity index (χ4n) is 5.28. The molecule has 4 aromatic rings. The Bertz CT molecular complexity index is 1630. The second-order valence-electron chi connectivity index (χ2n) is 11.7. The number of piperidine rings is 1. The van der Waals surface area contributed by atoms with Crippen LogP contribution in [0.25, 0.3) is 11.0 Å². The van der Waals surface area contributed by atoms with Crippen LogP contribution in [0.4, 0.5) is 11.4 Å². The van der Waals surface area contributed by atoms with Crippen molar-refractivity contribution in [3.63, 3.8) is 0 Å². The molecule has 10 heteroatoms. The Morgan fingerprint density at radius 1 is 0.930 bits per heavy atom. The molecule has 43 heavy (non-hydrogen) atoms. The summed E-state index contributed by atoms with van der Waals surface area (Å²) in [5.74, 6) is 0.287. The van der Waals surface area contributed by atoms with Crippen molar-refractivity contribution in [1.29, 1.82) is 0 Å². The van der Waals surface area contributed by atoms with Crippen molar-refractivity contribution >= 4 is 50.2 Å². The van der Waals surface area contributed by atoms with Gasteiger partial charge >= 0.3 is 5.97 Å². The van der Waals surface area contributed by atoms with Crippen molar-refractivity contribution in [2.75, 3.05) is 34.6 Å². The van der Waals surface area contributed by atoms with E-state index < -0.39 is 15.6 Å². The minimum absolute atomic E-state index is 0.0536. The van der Waals surface area contributed by atoms with Gasteiger partial charge in [0, 0.05) is 31.1 Å². The van der Waals surface area contributed by atoms with Gasteiger partial charge in [-0.05, 0) is 95.0 Å². The third-order valence-corrected chi connectivity index (χ3v) is 10.2. The molecule has 0 unspecified atom stereocenters. The first-order valence-electron chi connectivity index (χ1n) is 14.8. The number of ether oxygens (including phenoxy) is 1. The van der Waals surface area contributed by atoms with Crippen molar-refractivity contribution in [3.05, 3.63) is 78.9 Å². The molecule has 3 aromatic carbocycles. The summed E-state index contributed by atoms with van der Waals surface area (Å²) >= 11 is 1.51. The summed E-state index contributed by atoms with van der Waals surface area (Å²) in [4.78, 5) is 20.1. The summed E-state index contributed by atoms with van der Waals surface area (Å²) in [5, 5.41) is 0.704. The van der Waals surface area contributed by atoms with Gasteiger partial charge in [0.1, 0.15) is 12.1 Å². The van der Waals surface area contributed by atoms with E-state index in [9.17, 15) is 13.2 Å². The largest absolute Gasteiger partial charge is 0.459 e. The monoisotopic (exact) mass is 620 g/mol. The molecule has 0 saturated carbocycles. The molecule has 1 aliphatic heterocycles. The van der Waals surface area contributed by atoms with Crippen molar-refractivity contribution in [3.8, 4) is 0 Å². The lowest BCUT2D eigenvalue weighted by Gasteiger charge is -2.30. The molecular weight excluding hydrogens is 581 g/mol. The zero-order chi connectivity index (χ0) is 30.5. The van der Waals surface area contributed by atoms with E-state index in [2.05, 4.69) is 4.90 Å². The number of rotatable bonds is 11. The molecular formula is C33H40N4O4S2. The van der Waals surface area contributed by atoms with Crippen LogP contribution in [0.2, 0.25) is 0 Å². The van der Waals surface area contributed by atoms with Gasteiger partial charge in [-0.3, -0.25) is 9.10 Å². The molecule has 1 fully saturated rings. The van der Waals surface area contributed by atoms with Gasteiger partial charge in [0.25, 0.3) is 10.0 Å². The zero-order valence-electron chi connectivity index (χ0n) is 25.1. The Labute approximate surface area is 259 Å². The van der Waals surface area contributed by atoms with Crippen molar-refractivity contribution in [2.24, 2.45) is 0 Å². The highest BCUT2D eigenvalue weighted by Gasteiger charge is 2.25. The molecule has 1 saturated heterocycles. The predicted octanol–water partition coefficient (Wildman–Crippen LogP) is 6.75. The first-order valence-corrected chi connectivity index (χ1v) is 17.3. The highest BCUT2D eigenvalue weighted by atomic mass is 32.2. The SMILES string of the molecule is CC(C)(C)OC(=O)Cn1c(SCCCN(c2ccc(N3CCCCC3)cc2)S(=O)(=O)c2ccccc2)nc2ccccc21. The lowest BCUT2D eigenvalue weighted by atomic mass is 10.1. The molecule has 0 bridgehead atoms. The summed E-state index contributed by atoms with van der Waals surface area (Å²) in [6, 6.07) is 24.2. The lowest BCUT2D eigenvalue weighted by Crippen LogP contribution is -2.32. The standard InChI is InChI=1S/C33H40N4O4S2/c1-33(2,3)41-31(38)25-36-30-16-9-8-15-29(30)34-32(36)42-24-12-23-37(43(39,40)28-13-6-4-7-14-28)27-19-17-26(18-20-27)35-21-10-5-11-22-35/h4,6-9,13-20H,5,10-12,21-25H2,1-3H3. The number of carbonyl (C=O) groups excluding carboxylic acids is 1. The van der Waals surface area contributed by atoms with Crippen LogP contribution < -0.4 is 9.21 Å². The molecule has 228 valence electrons. The van der Waals surface area contributed by atoms with E-state index in [0.717, 1.165) is 29.8 Å². The van der Waals surface area contributed by atoms with Gasteiger partial charge in [0.15, 0.2) is 5.16 Å². The molecule has 0 N–H and O–H groups in total. The normalized spacial score (nSPS) is 14.2. The summed E-state index contributed by atoms with van der Waals surface area (Å²) in [7, 11) is -3.77. The molecule has 0 amide bonds. The zero-order valence-corrected chi connectivity index (χ0v) is 26.7. The molecule has 0 aliphatic carbocycles. The molecule has 0 spiro atoms. The number of para-hydroxylation sites is 2. The molecule has 8 nitrogen and oxygen atoms in total. The third kappa shape index (κ3) is 7.72. The number of imidazole rings is 1. The van der Waals surface area contributed by atoms with Gasteiger partial charge in [0.2, 0.25) is 0 Å². The summed E-state index contributed by atoms with van der Waals surface area (Å²) in [5.41, 5.74) is 2.85. The number of carbonyl (C=O) groups is 1. The number of aromatic nitrogens is 2. The highest BCUT2D eigenvalue weighted by molar-refractivity contribution is 7.99. The number of sulfonamides is 1. The summed E-state index contributed by atoms with van der Waals surface area (Å²) < 4.78 is 36.6. The van der Waals surface area contributed by atoms with Crippen LogP contribution in [-0.4, -0.2) is 54.9 Å².